The molecule has 78 valence electrons. The quantitative estimate of drug-likeness (QED) is 0.791. The Morgan fingerprint density at radius 1 is 1.53 bits per heavy atom. The normalized spacial score (nSPS) is 11.1. The van der Waals surface area contributed by atoms with Crippen LogP contribution in [0.4, 0.5) is 0 Å². The van der Waals surface area contributed by atoms with E-state index in [2.05, 4.69) is 15.2 Å². The van der Waals surface area contributed by atoms with Gasteiger partial charge in [-0.1, -0.05) is 13.8 Å². The van der Waals surface area contributed by atoms with Crippen molar-refractivity contribution in [2.45, 2.75) is 19.8 Å². The van der Waals surface area contributed by atoms with E-state index in [0.717, 1.165) is 5.69 Å². The number of fused-ring (bicyclic) bond motifs is 1. The lowest BCUT2D eigenvalue weighted by atomic mass is 10.1. The molecule has 0 atom stereocenters. The molecule has 0 aromatic carbocycles. The monoisotopic (exact) mass is 206 g/mol. The molecule has 0 fully saturated rings. The van der Waals surface area contributed by atoms with Crippen LogP contribution in [0.2, 0.25) is 0 Å². The van der Waals surface area contributed by atoms with E-state index in [1.165, 1.54) is 6.33 Å². The van der Waals surface area contributed by atoms with Gasteiger partial charge in [0.15, 0.2) is 5.69 Å². The number of carbonyl (C=O) groups is 1. The Labute approximate surface area is 85.6 Å². The number of hydrogen-bond acceptors (Lipinski definition) is 4. The van der Waals surface area contributed by atoms with Gasteiger partial charge in [-0.3, -0.25) is 4.40 Å². The van der Waals surface area contributed by atoms with Crippen molar-refractivity contribution >= 4 is 11.7 Å². The number of hydrogen-bond donors (Lipinski definition) is 1. The van der Waals surface area contributed by atoms with Crippen LogP contribution in [0.3, 0.4) is 0 Å². The molecule has 1 N–H and O–H groups in total. The molecular formula is C9H10N4O2. The minimum absolute atomic E-state index is 0.000741. The second kappa shape index (κ2) is 3.30. The zero-order valence-electron chi connectivity index (χ0n) is 8.38. The fourth-order valence-corrected chi connectivity index (χ4v) is 1.39. The largest absolute Gasteiger partial charge is 0.477 e. The summed E-state index contributed by atoms with van der Waals surface area (Å²) in [6, 6.07) is 1.54. The Bertz CT molecular complexity index is 518. The smallest absolute Gasteiger partial charge is 0.354 e. The summed E-state index contributed by atoms with van der Waals surface area (Å²) in [5.41, 5.74) is 0.835. The zero-order valence-corrected chi connectivity index (χ0v) is 8.38. The second-order valence-electron chi connectivity index (χ2n) is 3.53. The Kier molecular flexibility index (Phi) is 2.11. The number of nitrogens with zero attached hydrogens (tertiary/aromatic N) is 4. The van der Waals surface area contributed by atoms with Crippen LogP contribution < -0.4 is 0 Å². The zero-order chi connectivity index (χ0) is 11.0. The summed E-state index contributed by atoms with van der Waals surface area (Å²) in [7, 11) is 0. The maximum absolute atomic E-state index is 10.8. The number of carboxylic acid groups (broad SMARTS) is 1. The molecule has 0 unspecified atom stereocenters. The van der Waals surface area contributed by atoms with Crippen molar-refractivity contribution in [1.82, 2.24) is 19.6 Å². The molecular weight excluding hydrogens is 196 g/mol. The fraction of sp³-hybridized carbons (Fsp3) is 0.333. The van der Waals surface area contributed by atoms with Crippen molar-refractivity contribution in [3.63, 3.8) is 0 Å². The van der Waals surface area contributed by atoms with E-state index in [9.17, 15) is 4.79 Å². The van der Waals surface area contributed by atoms with Gasteiger partial charge in [-0.05, 0) is 12.0 Å². The Balaban J connectivity index is 2.74. The summed E-state index contributed by atoms with van der Waals surface area (Å²) in [5.74, 6) is -0.550. The topological polar surface area (TPSA) is 80.4 Å². The number of aromatic carboxylic acids is 1. The summed E-state index contributed by atoms with van der Waals surface area (Å²) in [4.78, 5) is 14.7. The van der Waals surface area contributed by atoms with Gasteiger partial charge in [-0.2, -0.15) is 0 Å². The highest BCUT2D eigenvalue weighted by atomic mass is 16.4. The molecule has 6 nitrogen and oxygen atoms in total. The lowest BCUT2D eigenvalue weighted by molar-refractivity contribution is 0.0690. The van der Waals surface area contributed by atoms with Crippen LogP contribution in [0.15, 0.2) is 12.4 Å². The first kappa shape index (κ1) is 9.57. The first-order valence-corrected chi connectivity index (χ1v) is 4.53. The van der Waals surface area contributed by atoms with Gasteiger partial charge in [-0.25, -0.2) is 9.78 Å². The van der Waals surface area contributed by atoms with E-state index in [1.54, 1.807) is 10.5 Å². The van der Waals surface area contributed by atoms with Crippen molar-refractivity contribution in [2.75, 3.05) is 0 Å². The van der Waals surface area contributed by atoms with Crippen LogP contribution in [-0.4, -0.2) is 30.7 Å². The van der Waals surface area contributed by atoms with E-state index in [4.69, 9.17) is 5.11 Å². The minimum Gasteiger partial charge on any atom is -0.477 e. The predicted molar refractivity (Wildman–Crippen MR) is 51.8 cm³/mol. The molecule has 2 aromatic heterocycles. The lowest BCUT2D eigenvalue weighted by Gasteiger charge is -2.08. The van der Waals surface area contributed by atoms with Gasteiger partial charge < -0.3 is 5.11 Å². The van der Waals surface area contributed by atoms with E-state index in [-0.39, 0.29) is 11.6 Å². The van der Waals surface area contributed by atoms with Crippen LogP contribution in [0.5, 0.6) is 0 Å². The third kappa shape index (κ3) is 1.54. The number of carboxylic acids is 1. The fourth-order valence-electron chi connectivity index (χ4n) is 1.39. The first-order valence-electron chi connectivity index (χ1n) is 4.53. The third-order valence-corrected chi connectivity index (χ3v) is 2.12. The summed E-state index contributed by atoms with van der Waals surface area (Å²) in [6.45, 7) is 3.95. The molecule has 0 bridgehead atoms. The van der Waals surface area contributed by atoms with E-state index in [0.29, 0.717) is 5.78 Å². The average Bonchev–Trinajstić information content (AvgIpc) is 2.62. The third-order valence-electron chi connectivity index (χ3n) is 2.12. The Morgan fingerprint density at radius 3 is 2.87 bits per heavy atom. The highest BCUT2D eigenvalue weighted by Crippen LogP contribution is 2.15. The molecule has 0 saturated heterocycles. The first-order chi connectivity index (χ1) is 7.09. The number of aromatic nitrogens is 4. The molecule has 0 amide bonds. The summed E-state index contributed by atoms with van der Waals surface area (Å²) in [5, 5.41) is 16.3. The maximum Gasteiger partial charge on any atom is 0.354 e. The van der Waals surface area contributed by atoms with Crippen LogP contribution >= 0.6 is 0 Å². The van der Waals surface area contributed by atoms with Gasteiger partial charge in [0, 0.05) is 5.69 Å². The van der Waals surface area contributed by atoms with Gasteiger partial charge in [-0.15, -0.1) is 10.2 Å². The standard InChI is InChI=1S/C9H10N4O2/c1-5(2)7-3-6(8(14)15)11-9-12-10-4-13(7)9/h3-5H,1-2H3,(H,14,15). The maximum atomic E-state index is 10.8. The second-order valence-corrected chi connectivity index (χ2v) is 3.53. The van der Waals surface area contributed by atoms with Gasteiger partial charge in [0.1, 0.15) is 6.33 Å². The van der Waals surface area contributed by atoms with E-state index >= 15 is 0 Å². The molecule has 0 aliphatic rings. The molecule has 0 saturated carbocycles. The van der Waals surface area contributed by atoms with E-state index in [1.807, 2.05) is 13.8 Å². The van der Waals surface area contributed by atoms with Gasteiger partial charge in [0.2, 0.25) is 0 Å². The van der Waals surface area contributed by atoms with Gasteiger partial charge >= 0.3 is 5.97 Å². The van der Waals surface area contributed by atoms with Gasteiger partial charge in [0.05, 0.1) is 0 Å². The molecule has 6 heteroatoms. The summed E-state index contributed by atoms with van der Waals surface area (Å²) in [6.07, 6.45) is 1.53. The Hall–Kier alpha value is -1.98. The van der Waals surface area contributed by atoms with Crippen LogP contribution in [0, 0.1) is 0 Å². The molecule has 0 radical (unpaired) electrons. The van der Waals surface area contributed by atoms with Crippen molar-refractivity contribution in [3.8, 4) is 0 Å². The molecule has 2 heterocycles. The molecule has 2 rings (SSSR count). The predicted octanol–water partition coefficient (Wildman–Crippen LogP) is 0.946. The summed E-state index contributed by atoms with van der Waals surface area (Å²) >= 11 is 0. The van der Waals surface area contributed by atoms with E-state index < -0.39 is 5.97 Å². The lowest BCUT2D eigenvalue weighted by Crippen LogP contribution is -2.07. The minimum atomic E-state index is -1.05. The van der Waals surface area contributed by atoms with Crippen LogP contribution in [-0.2, 0) is 0 Å². The van der Waals surface area contributed by atoms with Crippen LogP contribution in [0.1, 0.15) is 35.9 Å². The Morgan fingerprint density at radius 2 is 2.27 bits per heavy atom. The highest BCUT2D eigenvalue weighted by molar-refractivity contribution is 5.85. The average molecular weight is 206 g/mol. The molecule has 0 spiro atoms. The van der Waals surface area contributed by atoms with Crippen molar-refractivity contribution in [3.05, 3.63) is 23.8 Å². The molecule has 0 aliphatic carbocycles. The summed E-state index contributed by atoms with van der Waals surface area (Å²) < 4.78 is 1.69. The highest BCUT2D eigenvalue weighted by Gasteiger charge is 2.13. The SMILES string of the molecule is CC(C)c1cc(C(=O)O)nc2nncn12. The number of rotatable bonds is 2. The molecule has 2 aromatic rings. The van der Waals surface area contributed by atoms with Crippen LogP contribution in [0.25, 0.3) is 5.78 Å². The van der Waals surface area contributed by atoms with Crippen molar-refractivity contribution in [2.24, 2.45) is 0 Å². The molecule has 0 aliphatic heterocycles. The van der Waals surface area contributed by atoms with Gasteiger partial charge in [0.25, 0.3) is 5.78 Å². The van der Waals surface area contributed by atoms with Crippen molar-refractivity contribution in [1.29, 1.82) is 0 Å². The van der Waals surface area contributed by atoms with Crippen molar-refractivity contribution < 1.29 is 9.90 Å². The molecule has 15 heavy (non-hydrogen) atoms.